The zero-order valence-electron chi connectivity index (χ0n) is 14.7. The normalized spacial score (nSPS) is 25.1. The van der Waals surface area contributed by atoms with Crippen LogP contribution in [0.1, 0.15) is 19.3 Å². The Kier molecular flexibility index (Phi) is 5.55. The Morgan fingerprint density at radius 3 is 2.93 bits per heavy atom. The van der Waals surface area contributed by atoms with Crippen molar-refractivity contribution in [2.45, 2.75) is 43.7 Å². The third-order valence-electron chi connectivity index (χ3n) is 5.17. The molecule has 2 aliphatic heterocycles. The maximum Gasteiger partial charge on any atom is 0.261 e. The highest BCUT2D eigenvalue weighted by atomic mass is 79.9. The average molecular weight is 459 g/mol. The summed E-state index contributed by atoms with van der Waals surface area (Å²) < 4.78 is 14.0. The Balaban J connectivity index is 1.64. The lowest BCUT2D eigenvalue weighted by Gasteiger charge is -2.36. The van der Waals surface area contributed by atoms with E-state index in [0.29, 0.717) is 40.0 Å². The molecule has 2 fully saturated rings. The lowest BCUT2D eigenvalue weighted by molar-refractivity contribution is -0.182. The molecule has 1 aromatic heterocycles. The molecule has 9 heteroatoms. The second kappa shape index (κ2) is 7.77. The predicted molar refractivity (Wildman–Crippen MR) is 105 cm³/mol. The van der Waals surface area contributed by atoms with Gasteiger partial charge in [0.2, 0.25) is 0 Å². The first-order valence-corrected chi connectivity index (χ1v) is 10.2. The molecule has 1 aromatic carbocycles. The van der Waals surface area contributed by atoms with Crippen LogP contribution in [-0.2, 0) is 16.0 Å². The van der Waals surface area contributed by atoms with Gasteiger partial charge in [-0.25, -0.2) is 4.98 Å². The molecule has 27 heavy (non-hydrogen) atoms. The maximum atomic E-state index is 13.0. The van der Waals surface area contributed by atoms with E-state index in [1.54, 1.807) is 12.1 Å². The van der Waals surface area contributed by atoms with Gasteiger partial charge in [-0.15, -0.1) is 0 Å². The number of rotatable bonds is 4. The summed E-state index contributed by atoms with van der Waals surface area (Å²) in [5.74, 6) is -0.964. The van der Waals surface area contributed by atoms with Gasteiger partial charge in [0, 0.05) is 16.9 Å². The third-order valence-corrected chi connectivity index (χ3v) is 6.37. The molecule has 7 nitrogen and oxygen atoms in total. The summed E-state index contributed by atoms with van der Waals surface area (Å²) in [5, 5.41) is 14.5. The smallest absolute Gasteiger partial charge is 0.261 e. The number of piperidine rings is 1. The van der Waals surface area contributed by atoms with E-state index in [9.17, 15) is 9.90 Å². The van der Waals surface area contributed by atoms with Crippen LogP contribution in [0.25, 0.3) is 10.9 Å². The van der Waals surface area contributed by atoms with Gasteiger partial charge >= 0.3 is 0 Å². The van der Waals surface area contributed by atoms with Crippen LogP contribution in [0.4, 0.5) is 0 Å². The molecule has 0 unspecified atom stereocenters. The number of halogens is 2. The highest BCUT2D eigenvalue weighted by Crippen LogP contribution is 2.30. The van der Waals surface area contributed by atoms with Crippen molar-refractivity contribution in [1.82, 2.24) is 14.9 Å². The van der Waals surface area contributed by atoms with Crippen LogP contribution < -0.4 is 10.9 Å². The van der Waals surface area contributed by atoms with E-state index >= 15 is 0 Å². The number of aliphatic hydroxyl groups is 1. The molecule has 0 aliphatic carbocycles. The number of nitrogens with one attached hydrogen (secondary N) is 1. The Morgan fingerprint density at radius 1 is 1.41 bits per heavy atom. The molecule has 2 aliphatic rings. The summed E-state index contributed by atoms with van der Waals surface area (Å²) in [6, 6.07) is 3.21. The fourth-order valence-electron chi connectivity index (χ4n) is 3.78. The number of hydrogen-bond acceptors (Lipinski definition) is 6. The highest BCUT2D eigenvalue weighted by Gasteiger charge is 2.42. The standard InChI is InChI=1S/C18H21BrClN3O4/c19-12-7-14-11(6-13(12)20)17(25)23(10-22-14)9-18(26-4-5-27-18)8-15-16(24)2-1-3-21-15/h6-7,10,15-16,21,24H,1-5,8-9H2/t15-,16+/m0/s1. The lowest BCUT2D eigenvalue weighted by Crippen LogP contribution is -2.51. The van der Waals surface area contributed by atoms with Crippen molar-refractivity contribution in [2.75, 3.05) is 19.8 Å². The van der Waals surface area contributed by atoms with Crippen LogP contribution in [-0.4, -0.2) is 52.3 Å². The molecule has 2 atom stereocenters. The SMILES string of the molecule is O=c1c2cc(Cl)c(Br)cc2ncn1CC1(C[C@@H]2NCCC[C@H]2O)OCCO1. The molecular weight excluding hydrogens is 438 g/mol. The molecular formula is C18H21BrClN3O4. The number of fused-ring (bicyclic) bond motifs is 1. The molecule has 3 heterocycles. The molecule has 0 saturated carbocycles. The topological polar surface area (TPSA) is 85.6 Å². The highest BCUT2D eigenvalue weighted by molar-refractivity contribution is 9.10. The Hall–Kier alpha value is -1.03. The molecule has 2 N–H and O–H groups in total. The van der Waals surface area contributed by atoms with E-state index in [4.69, 9.17) is 21.1 Å². The first-order valence-electron chi connectivity index (χ1n) is 9.01. The monoisotopic (exact) mass is 457 g/mol. The van der Waals surface area contributed by atoms with Crippen LogP contribution in [0.15, 0.2) is 27.7 Å². The van der Waals surface area contributed by atoms with Crippen molar-refractivity contribution in [1.29, 1.82) is 0 Å². The van der Waals surface area contributed by atoms with E-state index in [-0.39, 0.29) is 18.1 Å². The van der Waals surface area contributed by atoms with E-state index in [1.165, 1.54) is 10.9 Å². The van der Waals surface area contributed by atoms with Crippen LogP contribution in [0.2, 0.25) is 5.02 Å². The van der Waals surface area contributed by atoms with Gasteiger partial charge in [-0.3, -0.25) is 9.36 Å². The Bertz CT molecular complexity index is 900. The maximum absolute atomic E-state index is 13.0. The van der Waals surface area contributed by atoms with Crippen molar-refractivity contribution >= 4 is 38.4 Å². The molecule has 0 bridgehead atoms. The number of benzene rings is 1. The Labute approximate surface area is 169 Å². The first kappa shape index (κ1) is 19.3. The van der Waals surface area contributed by atoms with Crippen molar-refractivity contribution in [2.24, 2.45) is 0 Å². The summed E-state index contributed by atoms with van der Waals surface area (Å²) in [6.45, 7) is 1.96. The van der Waals surface area contributed by atoms with Gasteiger partial charge in [-0.2, -0.15) is 0 Å². The Morgan fingerprint density at radius 2 is 2.19 bits per heavy atom. The van der Waals surface area contributed by atoms with Crippen LogP contribution in [0.3, 0.4) is 0 Å². The number of aromatic nitrogens is 2. The van der Waals surface area contributed by atoms with E-state index in [0.717, 1.165) is 19.4 Å². The molecule has 0 spiro atoms. The predicted octanol–water partition coefficient (Wildman–Crippen LogP) is 2.06. The second-order valence-corrected chi connectivity index (χ2v) is 8.30. The van der Waals surface area contributed by atoms with Crippen molar-refractivity contribution in [3.8, 4) is 0 Å². The summed E-state index contributed by atoms with van der Waals surface area (Å²) in [6.07, 6.45) is 3.20. The summed E-state index contributed by atoms with van der Waals surface area (Å²) in [5.41, 5.74) is 0.365. The van der Waals surface area contributed by atoms with Crippen molar-refractivity contribution < 1.29 is 14.6 Å². The molecule has 0 radical (unpaired) electrons. The van der Waals surface area contributed by atoms with Crippen LogP contribution in [0, 0.1) is 0 Å². The fourth-order valence-corrected chi connectivity index (χ4v) is 4.27. The zero-order valence-corrected chi connectivity index (χ0v) is 17.0. The van der Waals surface area contributed by atoms with Gasteiger partial charge in [-0.05, 0) is 47.4 Å². The summed E-state index contributed by atoms with van der Waals surface area (Å²) in [4.78, 5) is 17.3. The minimum Gasteiger partial charge on any atom is -0.392 e. The van der Waals surface area contributed by atoms with Gasteiger partial charge in [0.1, 0.15) is 0 Å². The van der Waals surface area contributed by atoms with Gasteiger partial charge < -0.3 is 19.9 Å². The molecule has 146 valence electrons. The van der Waals surface area contributed by atoms with Gasteiger partial charge in [0.25, 0.3) is 5.56 Å². The number of aliphatic hydroxyl groups excluding tert-OH is 1. The number of hydrogen-bond donors (Lipinski definition) is 2. The quantitative estimate of drug-likeness (QED) is 0.729. The number of nitrogens with zero attached hydrogens (tertiary/aromatic N) is 2. The third kappa shape index (κ3) is 3.92. The minimum absolute atomic E-state index is 0.133. The molecule has 2 saturated heterocycles. The van der Waals surface area contributed by atoms with Crippen molar-refractivity contribution in [3.63, 3.8) is 0 Å². The largest absolute Gasteiger partial charge is 0.392 e. The van der Waals surface area contributed by atoms with E-state index in [1.807, 2.05) is 0 Å². The summed E-state index contributed by atoms with van der Waals surface area (Å²) in [7, 11) is 0. The molecule has 0 amide bonds. The summed E-state index contributed by atoms with van der Waals surface area (Å²) >= 11 is 9.49. The van der Waals surface area contributed by atoms with E-state index < -0.39 is 11.9 Å². The molecule has 4 rings (SSSR count). The van der Waals surface area contributed by atoms with Crippen LogP contribution in [0.5, 0.6) is 0 Å². The fraction of sp³-hybridized carbons (Fsp3) is 0.556. The van der Waals surface area contributed by atoms with Gasteiger partial charge in [0.05, 0.1) is 48.1 Å². The lowest BCUT2D eigenvalue weighted by atomic mass is 9.94. The van der Waals surface area contributed by atoms with E-state index in [2.05, 4.69) is 26.2 Å². The van der Waals surface area contributed by atoms with Gasteiger partial charge in [-0.1, -0.05) is 11.6 Å². The number of ether oxygens (including phenoxy) is 2. The minimum atomic E-state index is -0.964. The van der Waals surface area contributed by atoms with Crippen molar-refractivity contribution in [3.05, 3.63) is 38.3 Å². The second-order valence-electron chi connectivity index (χ2n) is 7.04. The zero-order chi connectivity index (χ0) is 19.0. The first-order chi connectivity index (χ1) is 13.0. The average Bonchev–Trinajstić information content (AvgIpc) is 3.10. The van der Waals surface area contributed by atoms with Crippen LogP contribution >= 0.6 is 27.5 Å². The van der Waals surface area contributed by atoms with Gasteiger partial charge in [0.15, 0.2) is 5.79 Å². The molecule has 2 aromatic rings.